The predicted molar refractivity (Wildman–Crippen MR) is 114 cm³/mol. The fourth-order valence-corrected chi connectivity index (χ4v) is 3.59. The SMILES string of the molecule is COc1ccc(C(=O)Nc2cccc(CNC3CCN(C(C)C)CC3)c2)cc1. The minimum Gasteiger partial charge on any atom is -0.497 e. The van der Waals surface area contributed by atoms with E-state index in [0.717, 1.165) is 31.1 Å². The van der Waals surface area contributed by atoms with Gasteiger partial charge in [-0.2, -0.15) is 0 Å². The highest BCUT2D eigenvalue weighted by atomic mass is 16.5. The molecule has 1 fully saturated rings. The normalized spacial score (nSPS) is 15.6. The van der Waals surface area contributed by atoms with Gasteiger partial charge in [0.05, 0.1) is 7.11 Å². The van der Waals surface area contributed by atoms with Crippen LogP contribution in [0, 0.1) is 0 Å². The maximum atomic E-state index is 12.4. The third-order valence-corrected chi connectivity index (χ3v) is 5.39. The number of nitrogens with zero attached hydrogens (tertiary/aromatic N) is 1. The second-order valence-electron chi connectivity index (χ2n) is 7.67. The Morgan fingerprint density at radius 2 is 1.86 bits per heavy atom. The molecule has 1 aliphatic rings. The van der Waals surface area contributed by atoms with Gasteiger partial charge < -0.3 is 20.3 Å². The fourth-order valence-electron chi connectivity index (χ4n) is 3.59. The first-order chi connectivity index (χ1) is 13.5. The van der Waals surface area contributed by atoms with Gasteiger partial charge in [0.25, 0.3) is 5.91 Å². The molecule has 3 rings (SSSR count). The van der Waals surface area contributed by atoms with Crippen LogP contribution in [0.3, 0.4) is 0 Å². The van der Waals surface area contributed by atoms with Crippen LogP contribution in [-0.2, 0) is 6.54 Å². The molecule has 0 aliphatic carbocycles. The van der Waals surface area contributed by atoms with E-state index in [0.29, 0.717) is 17.6 Å². The largest absolute Gasteiger partial charge is 0.497 e. The van der Waals surface area contributed by atoms with Crippen molar-refractivity contribution in [1.82, 2.24) is 10.2 Å². The van der Waals surface area contributed by atoms with Crippen molar-refractivity contribution in [2.45, 2.75) is 45.3 Å². The Labute approximate surface area is 168 Å². The number of hydrogen-bond acceptors (Lipinski definition) is 4. The van der Waals surface area contributed by atoms with Gasteiger partial charge in [0.2, 0.25) is 0 Å². The van der Waals surface area contributed by atoms with E-state index in [9.17, 15) is 4.79 Å². The molecule has 0 atom stereocenters. The van der Waals surface area contributed by atoms with Gasteiger partial charge in [0.15, 0.2) is 0 Å². The van der Waals surface area contributed by atoms with Crippen LogP contribution in [0.15, 0.2) is 48.5 Å². The average molecular weight is 382 g/mol. The summed E-state index contributed by atoms with van der Waals surface area (Å²) in [7, 11) is 1.61. The molecular weight excluding hydrogens is 350 g/mol. The molecule has 0 spiro atoms. The van der Waals surface area contributed by atoms with Crippen molar-refractivity contribution < 1.29 is 9.53 Å². The Balaban J connectivity index is 1.51. The van der Waals surface area contributed by atoms with Crippen molar-refractivity contribution in [2.24, 2.45) is 0 Å². The summed E-state index contributed by atoms with van der Waals surface area (Å²) in [5.41, 5.74) is 2.61. The van der Waals surface area contributed by atoms with Crippen molar-refractivity contribution in [2.75, 3.05) is 25.5 Å². The Bertz CT molecular complexity index is 766. The van der Waals surface area contributed by atoms with E-state index in [1.54, 1.807) is 31.4 Å². The molecule has 0 aromatic heterocycles. The average Bonchev–Trinajstić information content (AvgIpc) is 2.73. The molecular formula is C23H31N3O2. The summed E-state index contributed by atoms with van der Waals surface area (Å²) in [6.07, 6.45) is 2.37. The summed E-state index contributed by atoms with van der Waals surface area (Å²) >= 11 is 0. The van der Waals surface area contributed by atoms with Crippen LogP contribution in [0.5, 0.6) is 5.75 Å². The first-order valence-electron chi connectivity index (χ1n) is 10.1. The molecule has 5 nitrogen and oxygen atoms in total. The number of ether oxygens (including phenoxy) is 1. The second kappa shape index (κ2) is 9.71. The third kappa shape index (κ3) is 5.57. The first kappa shape index (κ1) is 20.4. The Morgan fingerprint density at radius 1 is 1.14 bits per heavy atom. The number of carbonyl (C=O) groups excluding carboxylic acids is 1. The number of carbonyl (C=O) groups is 1. The summed E-state index contributed by atoms with van der Waals surface area (Å²) < 4.78 is 5.14. The van der Waals surface area contributed by atoms with Crippen LogP contribution < -0.4 is 15.4 Å². The van der Waals surface area contributed by atoms with E-state index in [4.69, 9.17) is 4.74 Å². The molecule has 2 aromatic rings. The zero-order chi connectivity index (χ0) is 19.9. The van der Waals surface area contributed by atoms with Crippen molar-refractivity contribution in [3.63, 3.8) is 0 Å². The minimum atomic E-state index is -0.117. The second-order valence-corrected chi connectivity index (χ2v) is 7.67. The van der Waals surface area contributed by atoms with Crippen LogP contribution in [0.1, 0.15) is 42.6 Å². The summed E-state index contributed by atoms with van der Waals surface area (Å²) in [5.74, 6) is 0.623. The van der Waals surface area contributed by atoms with E-state index in [-0.39, 0.29) is 5.91 Å². The van der Waals surface area contributed by atoms with Crippen molar-refractivity contribution >= 4 is 11.6 Å². The summed E-state index contributed by atoms with van der Waals surface area (Å²) in [5, 5.41) is 6.65. The number of methoxy groups -OCH3 is 1. The molecule has 1 aliphatic heterocycles. The summed E-state index contributed by atoms with van der Waals surface area (Å²) in [6, 6.07) is 16.4. The number of rotatable bonds is 7. The zero-order valence-electron chi connectivity index (χ0n) is 17.1. The molecule has 0 unspecified atom stereocenters. The lowest BCUT2D eigenvalue weighted by molar-refractivity contribution is 0.102. The Kier molecular flexibility index (Phi) is 7.06. The maximum absolute atomic E-state index is 12.4. The number of likely N-dealkylation sites (tertiary alicyclic amines) is 1. The lowest BCUT2D eigenvalue weighted by atomic mass is 10.0. The summed E-state index contributed by atoms with van der Waals surface area (Å²) in [4.78, 5) is 15.0. The lowest BCUT2D eigenvalue weighted by Gasteiger charge is -2.35. The van der Waals surface area contributed by atoms with E-state index in [1.165, 1.54) is 18.4 Å². The molecule has 28 heavy (non-hydrogen) atoms. The van der Waals surface area contributed by atoms with Crippen LogP contribution >= 0.6 is 0 Å². The topological polar surface area (TPSA) is 53.6 Å². The van der Waals surface area contributed by atoms with Crippen molar-refractivity contribution in [3.05, 3.63) is 59.7 Å². The highest BCUT2D eigenvalue weighted by Gasteiger charge is 2.20. The van der Waals surface area contributed by atoms with E-state index >= 15 is 0 Å². The third-order valence-electron chi connectivity index (χ3n) is 5.39. The molecule has 1 saturated heterocycles. The smallest absolute Gasteiger partial charge is 0.255 e. The number of anilines is 1. The van der Waals surface area contributed by atoms with Gasteiger partial charge in [-0.3, -0.25) is 4.79 Å². The predicted octanol–water partition coefficient (Wildman–Crippen LogP) is 3.91. The first-order valence-corrected chi connectivity index (χ1v) is 10.1. The molecule has 0 saturated carbocycles. The lowest BCUT2D eigenvalue weighted by Crippen LogP contribution is -2.44. The molecule has 5 heteroatoms. The number of piperidine rings is 1. The Morgan fingerprint density at radius 3 is 2.50 bits per heavy atom. The number of hydrogen-bond donors (Lipinski definition) is 2. The van der Waals surface area contributed by atoms with Crippen molar-refractivity contribution in [1.29, 1.82) is 0 Å². The Hall–Kier alpha value is -2.37. The van der Waals surface area contributed by atoms with Gasteiger partial charge in [-0.25, -0.2) is 0 Å². The highest BCUT2D eigenvalue weighted by molar-refractivity contribution is 6.04. The molecule has 1 heterocycles. The fraction of sp³-hybridized carbons (Fsp3) is 0.435. The van der Waals surface area contributed by atoms with Crippen LogP contribution in [0.25, 0.3) is 0 Å². The molecule has 0 radical (unpaired) electrons. The van der Waals surface area contributed by atoms with Gasteiger partial charge in [0, 0.05) is 29.9 Å². The van der Waals surface area contributed by atoms with Gasteiger partial charge >= 0.3 is 0 Å². The maximum Gasteiger partial charge on any atom is 0.255 e. The molecule has 1 amide bonds. The molecule has 2 aromatic carbocycles. The summed E-state index contributed by atoms with van der Waals surface area (Å²) in [6.45, 7) is 7.66. The molecule has 2 N–H and O–H groups in total. The van der Waals surface area contributed by atoms with Gasteiger partial charge in [0.1, 0.15) is 5.75 Å². The molecule has 150 valence electrons. The number of benzene rings is 2. The number of nitrogens with one attached hydrogen (secondary N) is 2. The quantitative estimate of drug-likeness (QED) is 0.764. The zero-order valence-corrected chi connectivity index (χ0v) is 17.1. The standard InChI is InChI=1S/C23H31N3O2/c1-17(2)26-13-11-20(12-14-26)24-16-18-5-4-6-21(15-18)25-23(27)19-7-9-22(28-3)10-8-19/h4-10,15,17,20,24H,11-14,16H2,1-3H3,(H,25,27). The number of amides is 1. The van der Waals surface area contributed by atoms with Gasteiger partial charge in [-0.15, -0.1) is 0 Å². The minimum absolute atomic E-state index is 0.117. The van der Waals surface area contributed by atoms with Gasteiger partial charge in [-0.05, 0) is 81.7 Å². The van der Waals surface area contributed by atoms with E-state index in [2.05, 4.69) is 35.4 Å². The van der Waals surface area contributed by atoms with E-state index in [1.807, 2.05) is 18.2 Å². The van der Waals surface area contributed by atoms with E-state index < -0.39 is 0 Å². The molecule has 0 bridgehead atoms. The van der Waals surface area contributed by atoms with Crippen LogP contribution in [0.2, 0.25) is 0 Å². The highest BCUT2D eigenvalue weighted by Crippen LogP contribution is 2.17. The van der Waals surface area contributed by atoms with Crippen LogP contribution in [0.4, 0.5) is 5.69 Å². The van der Waals surface area contributed by atoms with Gasteiger partial charge in [-0.1, -0.05) is 12.1 Å². The van der Waals surface area contributed by atoms with Crippen molar-refractivity contribution in [3.8, 4) is 5.75 Å². The monoisotopic (exact) mass is 381 g/mol. The van der Waals surface area contributed by atoms with Crippen LogP contribution in [-0.4, -0.2) is 43.1 Å².